The van der Waals surface area contributed by atoms with Gasteiger partial charge in [-0.05, 0) is 36.2 Å². The van der Waals surface area contributed by atoms with E-state index in [-0.39, 0.29) is 11.5 Å². The molecule has 128 valence electrons. The third kappa shape index (κ3) is 4.17. The van der Waals surface area contributed by atoms with Gasteiger partial charge in [-0.3, -0.25) is 4.57 Å². The Morgan fingerprint density at radius 3 is 2.44 bits per heavy atom. The number of nitrogen functional groups attached to an aromatic ring is 2. The van der Waals surface area contributed by atoms with E-state index in [2.05, 4.69) is 4.98 Å². The van der Waals surface area contributed by atoms with Crippen LogP contribution in [-0.4, -0.2) is 16.2 Å². The number of aryl methyl sites for hydroxylation is 1. The molecule has 2 aromatic carbocycles. The number of anilines is 2. The van der Waals surface area contributed by atoms with Gasteiger partial charge in [0.1, 0.15) is 11.6 Å². The number of para-hydroxylation sites is 1. The van der Waals surface area contributed by atoms with E-state index in [0.29, 0.717) is 30.8 Å². The predicted octanol–water partition coefficient (Wildman–Crippen LogP) is 2.54. The lowest BCUT2D eigenvalue weighted by Gasteiger charge is -2.11. The molecule has 1 heterocycles. The van der Waals surface area contributed by atoms with E-state index < -0.39 is 0 Å². The molecule has 0 amide bonds. The Kier molecular flexibility index (Phi) is 4.99. The molecule has 0 aliphatic rings. The molecular formula is C19H20N4O2. The molecule has 25 heavy (non-hydrogen) atoms. The van der Waals surface area contributed by atoms with Crippen molar-refractivity contribution in [2.45, 2.75) is 13.0 Å². The summed E-state index contributed by atoms with van der Waals surface area (Å²) < 4.78 is 7.20. The van der Waals surface area contributed by atoms with Crippen molar-refractivity contribution >= 4 is 11.5 Å². The lowest BCUT2D eigenvalue weighted by atomic mass is 10.1. The normalized spacial score (nSPS) is 10.6. The smallest absolute Gasteiger partial charge is 0.349 e. The summed E-state index contributed by atoms with van der Waals surface area (Å²) >= 11 is 0. The minimum absolute atomic E-state index is 0.214. The summed E-state index contributed by atoms with van der Waals surface area (Å²) in [7, 11) is 0. The first kappa shape index (κ1) is 16.6. The van der Waals surface area contributed by atoms with Gasteiger partial charge < -0.3 is 16.2 Å². The highest BCUT2D eigenvalue weighted by molar-refractivity contribution is 5.73. The Morgan fingerprint density at radius 2 is 1.72 bits per heavy atom. The summed E-state index contributed by atoms with van der Waals surface area (Å²) in [5.74, 6) is 1.03. The Balaban J connectivity index is 1.70. The fourth-order valence-electron chi connectivity index (χ4n) is 2.49. The summed E-state index contributed by atoms with van der Waals surface area (Å²) in [4.78, 5) is 16.0. The van der Waals surface area contributed by atoms with Crippen LogP contribution in [0.2, 0.25) is 0 Å². The Hall–Kier alpha value is -3.28. The van der Waals surface area contributed by atoms with Gasteiger partial charge >= 0.3 is 5.69 Å². The highest BCUT2D eigenvalue weighted by Crippen LogP contribution is 2.23. The maximum Gasteiger partial charge on any atom is 0.349 e. The van der Waals surface area contributed by atoms with Crippen molar-refractivity contribution in [3.63, 3.8) is 0 Å². The molecule has 0 unspecified atom stereocenters. The van der Waals surface area contributed by atoms with Gasteiger partial charge in [0.25, 0.3) is 0 Å². The molecule has 0 atom stereocenters. The molecule has 3 aromatic rings. The second-order valence-corrected chi connectivity index (χ2v) is 5.65. The maximum absolute atomic E-state index is 12.1. The molecule has 3 rings (SSSR count). The van der Waals surface area contributed by atoms with Gasteiger partial charge in [-0.15, -0.1) is 0 Å². The largest absolute Gasteiger partial charge is 0.494 e. The topological polar surface area (TPSA) is 96.2 Å². The molecule has 0 aliphatic carbocycles. The average molecular weight is 336 g/mol. The quantitative estimate of drug-likeness (QED) is 0.533. The van der Waals surface area contributed by atoms with E-state index in [1.807, 2.05) is 42.5 Å². The van der Waals surface area contributed by atoms with Crippen LogP contribution >= 0.6 is 0 Å². The van der Waals surface area contributed by atoms with E-state index in [4.69, 9.17) is 16.2 Å². The number of nitrogens with two attached hydrogens (primary N) is 2. The fourth-order valence-corrected chi connectivity index (χ4v) is 2.49. The number of hydrogen-bond acceptors (Lipinski definition) is 5. The number of hydrogen-bond donors (Lipinski definition) is 2. The predicted molar refractivity (Wildman–Crippen MR) is 99.3 cm³/mol. The zero-order valence-electron chi connectivity index (χ0n) is 13.8. The van der Waals surface area contributed by atoms with E-state index in [9.17, 15) is 4.79 Å². The summed E-state index contributed by atoms with van der Waals surface area (Å²) in [5, 5.41) is 0. The number of nitrogens with zero attached hydrogens (tertiary/aromatic N) is 2. The van der Waals surface area contributed by atoms with Gasteiger partial charge in [0.15, 0.2) is 0 Å². The standard InChI is InChI=1S/C19H20N4O2/c20-15-9-7-14(8-10-15)17-13-23(19(24)22-18(17)21)11-4-12-25-16-5-2-1-3-6-16/h1-3,5-10,13H,4,11-12,20H2,(H2,21,22,24). The molecule has 0 fully saturated rings. The summed E-state index contributed by atoms with van der Waals surface area (Å²) in [6.07, 6.45) is 2.42. The molecule has 6 nitrogen and oxygen atoms in total. The van der Waals surface area contributed by atoms with Crippen LogP contribution in [0.1, 0.15) is 6.42 Å². The summed E-state index contributed by atoms with van der Waals surface area (Å²) in [5.41, 5.74) is 13.5. The van der Waals surface area contributed by atoms with Crippen LogP contribution in [0.3, 0.4) is 0 Å². The lowest BCUT2D eigenvalue weighted by Crippen LogP contribution is -2.25. The first-order valence-electron chi connectivity index (χ1n) is 8.04. The number of aromatic nitrogens is 2. The van der Waals surface area contributed by atoms with E-state index in [0.717, 1.165) is 11.3 Å². The van der Waals surface area contributed by atoms with Crippen molar-refractivity contribution < 1.29 is 4.74 Å². The highest BCUT2D eigenvalue weighted by Gasteiger charge is 2.08. The van der Waals surface area contributed by atoms with E-state index in [1.54, 1.807) is 22.9 Å². The second-order valence-electron chi connectivity index (χ2n) is 5.65. The van der Waals surface area contributed by atoms with Gasteiger partial charge in [-0.2, -0.15) is 4.98 Å². The van der Waals surface area contributed by atoms with Crippen molar-refractivity contribution in [3.8, 4) is 16.9 Å². The van der Waals surface area contributed by atoms with Crippen LogP contribution in [0.25, 0.3) is 11.1 Å². The van der Waals surface area contributed by atoms with E-state index >= 15 is 0 Å². The molecule has 0 bridgehead atoms. The van der Waals surface area contributed by atoms with Gasteiger partial charge in [0.05, 0.1) is 6.61 Å². The molecule has 4 N–H and O–H groups in total. The fraction of sp³-hybridized carbons (Fsp3) is 0.158. The number of ether oxygens (including phenoxy) is 1. The zero-order chi connectivity index (χ0) is 17.6. The Labute approximate surface area is 145 Å². The van der Waals surface area contributed by atoms with Crippen molar-refractivity contribution in [2.75, 3.05) is 18.1 Å². The van der Waals surface area contributed by atoms with Crippen LogP contribution in [0, 0.1) is 0 Å². The van der Waals surface area contributed by atoms with Crippen LogP contribution in [0.15, 0.2) is 65.6 Å². The van der Waals surface area contributed by atoms with Crippen LogP contribution in [0.5, 0.6) is 5.75 Å². The molecule has 0 saturated carbocycles. The van der Waals surface area contributed by atoms with Crippen molar-refractivity contribution in [1.82, 2.24) is 9.55 Å². The zero-order valence-corrected chi connectivity index (χ0v) is 13.8. The van der Waals surface area contributed by atoms with Crippen LogP contribution in [0.4, 0.5) is 11.5 Å². The number of benzene rings is 2. The van der Waals surface area contributed by atoms with E-state index in [1.165, 1.54) is 0 Å². The maximum atomic E-state index is 12.1. The molecule has 0 saturated heterocycles. The van der Waals surface area contributed by atoms with Gasteiger partial charge in [-0.1, -0.05) is 30.3 Å². The lowest BCUT2D eigenvalue weighted by molar-refractivity contribution is 0.300. The molecular weight excluding hydrogens is 316 g/mol. The Bertz CT molecular complexity index is 890. The minimum Gasteiger partial charge on any atom is -0.494 e. The number of rotatable bonds is 6. The molecule has 0 spiro atoms. The third-order valence-electron chi connectivity index (χ3n) is 3.80. The van der Waals surface area contributed by atoms with Gasteiger partial charge in [0.2, 0.25) is 0 Å². The van der Waals surface area contributed by atoms with Crippen LogP contribution < -0.4 is 21.9 Å². The first-order chi connectivity index (χ1) is 12.1. The van der Waals surface area contributed by atoms with Gasteiger partial charge in [0, 0.05) is 24.0 Å². The molecule has 6 heteroatoms. The molecule has 1 aromatic heterocycles. The average Bonchev–Trinajstić information content (AvgIpc) is 2.62. The van der Waals surface area contributed by atoms with Crippen molar-refractivity contribution in [1.29, 1.82) is 0 Å². The SMILES string of the molecule is Nc1ccc(-c2cn(CCCOc3ccccc3)c(=O)nc2N)cc1. The van der Waals surface area contributed by atoms with Crippen molar-refractivity contribution in [2.24, 2.45) is 0 Å². The van der Waals surface area contributed by atoms with Crippen LogP contribution in [-0.2, 0) is 6.54 Å². The summed E-state index contributed by atoms with van der Waals surface area (Å²) in [6, 6.07) is 16.9. The molecule has 0 radical (unpaired) electrons. The van der Waals surface area contributed by atoms with Crippen molar-refractivity contribution in [3.05, 3.63) is 71.3 Å². The third-order valence-corrected chi connectivity index (χ3v) is 3.80. The first-order valence-corrected chi connectivity index (χ1v) is 8.04. The highest BCUT2D eigenvalue weighted by atomic mass is 16.5. The minimum atomic E-state index is -0.364. The molecule has 0 aliphatic heterocycles. The Morgan fingerprint density at radius 1 is 1.00 bits per heavy atom. The summed E-state index contributed by atoms with van der Waals surface area (Å²) in [6.45, 7) is 1.01. The monoisotopic (exact) mass is 336 g/mol. The second kappa shape index (κ2) is 7.53. The van der Waals surface area contributed by atoms with Gasteiger partial charge in [-0.25, -0.2) is 4.79 Å².